The Balaban J connectivity index is 1.44. The van der Waals surface area contributed by atoms with E-state index in [0.29, 0.717) is 31.4 Å². The Morgan fingerprint density at radius 2 is 2.12 bits per heavy atom. The molecule has 0 radical (unpaired) electrons. The number of guanidine groups is 1. The van der Waals surface area contributed by atoms with E-state index in [1.807, 2.05) is 18.2 Å². The second-order valence-electron chi connectivity index (χ2n) is 7.92. The van der Waals surface area contributed by atoms with Gasteiger partial charge in [-0.1, -0.05) is 19.9 Å². The topological polar surface area (TPSA) is 64.1 Å². The van der Waals surface area contributed by atoms with Crippen molar-refractivity contribution < 1.29 is 14.2 Å². The maximum atomic E-state index is 6.01. The third kappa shape index (κ3) is 3.11. The van der Waals surface area contributed by atoms with Crippen molar-refractivity contribution in [3.63, 3.8) is 0 Å². The first-order valence-corrected chi connectivity index (χ1v) is 9.64. The smallest absolute Gasteiger partial charge is 0.231 e. The van der Waals surface area contributed by atoms with E-state index in [1.54, 1.807) is 0 Å². The van der Waals surface area contributed by atoms with Crippen molar-refractivity contribution in [3.05, 3.63) is 23.8 Å². The van der Waals surface area contributed by atoms with Crippen LogP contribution < -0.4 is 20.1 Å². The maximum absolute atomic E-state index is 6.01. The van der Waals surface area contributed by atoms with Crippen LogP contribution in [0.5, 0.6) is 11.5 Å². The van der Waals surface area contributed by atoms with Crippen molar-refractivity contribution in [3.8, 4) is 11.5 Å². The summed E-state index contributed by atoms with van der Waals surface area (Å²) in [6.45, 7) is 9.31. The van der Waals surface area contributed by atoms with Crippen molar-refractivity contribution in [2.75, 3.05) is 19.9 Å². The molecule has 6 heteroatoms. The Hall–Kier alpha value is -1.95. The van der Waals surface area contributed by atoms with Crippen LogP contribution in [0.15, 0.2) is 23.2 Å². The number of fused-ring (bicyclic) bond motifs is 2. The molecule has 1 aliphatic carbocycles. The number of nitrogens with zero attached hydrogens (tertiary/aromatic N) is 1. The molecule has 26 heavy (non-hydrogen) atoms. The van der Waals surface area contributed by atoms with E-state index in [1.165, 1.54) is 6.42 Å². The lowest BCUT2D eigenvalue weighted by atomic mass is 9.55. The van der Waals surface area contributed by atoms with Crippen LogP contribution in [0.1, 0.15) is 39.2 Å². The van der Waals surface area contributed by atoms with Crippen LogP contribution in [0.4, 0.5) is 0 Å². The van der Waals surface area contributed by atoms with Gasteiger partial charge in [0.15, 0.2) is 17.5 Å². The molecule has 2 N–H and O–H groups in total. The van der Waals surface area contributed by atoms with Gasteiger partial charge in [-0.3, -0.25) is 0 Å². The molecule has 142 valence electrons. The zero-order chi connectivity index (χ0) is 18.1. The van der Waals surface area contributed by atoms with Crippen LogP contribution in [0, 0.1) is 11.3 Å². The summed E-state index contributed by atoms with van der Waals surface area (Å²) >= 11 is 0. The number of nitrogens with one attached hydrogen (secondary N) is 2. The van der Waals surface area contributed by atoms with Gasteiger partial charge < -0.3 is 24.8 Å². The van der Waals surface area contributed by atoms with Gasteiger partial charge in [-0.15, -0.1) is 0 Å². The zero-order valence-corrected chi connectivity index (χ0v) is 15.9. The Morgan fingerprint density at radius 3 is 2.96 bits per heavy atom. The van der Waals surface area contributed by atoms with E-state index in [9.17, 15) is 0 Å². The van der Waals surface area contributed by atoms with Gasteiger partial charge in [0.25, 0.3) is 0 Å². The highest BCUT2D eigenvalue weighted by Gasteiger charge is 2.58. The van der Waals surface area contributed by atoms with Gasteiger partial charge in [0, 0.05) is 30.5 Å². The van der Waals surface area contributed by atoms with Crippen LogP contribution in [-0.4, -0.2) is 38.0 Å². The molecule has 1 aromatic rings. The minimum atomic E-state index is 0.125. The largest absolute Gasteiger partial charge is 0.454 e. The summed E-state index contributed by atoms with van der Waals surface area (Å²) in [5, 5.41) is 7.05. The molecule has 0 aromatic heterocycles. The van der Waals surface area contributed by atoms with Crippen LogP contribution in [0.2, 0.25) is 0 Å². The van der Waals surface area contributed by atoms with Gasteiger partial charge in [-0.2, -0.15) is 0 Å². The molecule has 1 saturated heterocycles. The van der Waals surface area contributed by atoms with E-state index in [2.05, 4.69) is 31.4 Å². The van der Waals surface area contributed by atoms with Crippen molar-refractivity contribution >= 4 is 5.96 Å². The lowest BCUT2D eigenvalue weighted by molar-refractivity contribution is -0.188. The molecular formula is C20H29N3O3. The van der Waals surface area contributed by atoms with E-state index in [4.69, 9.17) is 19.2 Å². The monoisotopic (exact) mass is 359 g/mol. The Labute approximate surface area is 155 Å². The molecule has 2 aliphatic heterocycles. The lowest BCUT2D eigenvalue weighted by Crippen LogP contribution is -2.71. The third-order valence-corrected chi connectivity index (χ3v) is 5.82. The zero-order valence-electron chi connectivity index (χ0n) is 15.9. The van der Waals surface area contributed by atoms with Crippen LogP contribution in [0.25, 0.3) is 0 Å². The molecule has 2 fully saturated rings. The van der Waals surface area contributed by atoms with E-state index in [-0.39, 0.29) is 5.41 Å². The van der Waals surface area contributed by atoms with Gasteiger partial charge in [0.05, 0.1) is 12.6 Å². The van der Waals surface area contributed by atoms with Gasteiger partial charge in [0.1, 0.15) is 0 Å². The standard InChI is InChI=1S/C20H29N3O3/c1-4-21-19(22-11-13-7-8-15-16(10-13)26-12-25-15)23-17-14-6-5-9-24-18(14)20(17,2)3/h7-8,10,14,17-18H,4-6,9,11-12H2,1-3H3,(H2,21,22,23). The fourth-order valence-electron chi connectivity index (χ4n) is 4.49. The van der Waals surface area contributed by atoms with Crippen molar-refractivity contribution in [2.24, 2.45) is 16.3 Å². The average molecular weight is 359 g/mol. The highest BCUT2D eigenvalue weighted by Crippen LogP contribution is 2.51. The Morgan fingerprint density at radius 1 is 1.27 bits per heavy atom. The first kappa shape index (κ1) is 17.5. The molecule has 4 rings (SSSR count). The highest BCUT2D eigenvalue weighted by atomic mass is 16.7. The number of hydrogen-bond donors (Lipinski definition) is 2. The van der Waals surface area contributed by atoms with E-state index in [0.717, 1.165) is 42.6 Å². The molecule has 3 aliphatic rings. The molecule has 1 saturated carbocycles. The Kier molecular flexibility index (Phi) is 4.69. The molecule has 0 bridgehead atoms. The van der Waals surface area contributed by atoms with Gasteiger partial charge in [-0.05, 0) is 37.5 Å². The summed E-state index contributed by atoms with van der Waals surface area (Å²) in [4.78, 5) is 4.79. The summed E-state index contributed by atoms with van der Waals surface area (Å²) in [6.07, 6.45) is 2.75. The van der Waals surface area contributed by atoms with Crippen LogP contribution >= 0.6 is 0 Å². The molecule has 0 spiro atoms. The van der Waals surface area contributed by atoms with Crippen molar-refractivity contribution in [1.82, 2.24) is 10.6 Å². The first-order chi connectivity index (χ1) is 12.6. The SMILES string of the molecule is CCNC(=NCc1ccc2c(c1)OCO2)NC1C2CCCOC2C1(C)C. The number of hydrogen-bond acceptors (Lipinski definition) is 4. The summed E-state index contributed by atoms with van der Waals surface area (Å²) in [5.41, 5.74) is 1.23. The molecule has 0 amide bonds. The molecular weight excluding hydrogens is 330 g/mol. The third-order valence-electron chi connectivity index (χ3n) is 5.82. The second kappa shape index (κ2) is 6.99. The summed E-state index contributed by atoms with van der Waals surface area (Å²) < 4.78 is 16.8. The summed E-state index contributed by atoms with van der Waals surface area (Å²) in [5.74, 6) is 3.06. The van der Waals surface area contributed by atoms with Crippen LogP contribution in [-0.2, 0) is 11.3 Å². The first-order valence-electron chi connectivity index (χ1n) is 9.64. The second-order valence-corrected chi connectivity index (χ2v) is 7.92. The summed E-state index contributed by atoms with van der Waals surface area (Å²) in [7, 11) is 0. The van der Waals surface area contributed by atoms with Gasteiger partial charge in [0.2, 0.25) is 6.79 Å². The predicted molar refractivity (Wildman–Crippen MR) is 101 cm³/mol. The molecule has 3 unspecified atom stereocenters. The normalized spacial score (nSPS) is 28.9. The predicted octanol–water partition coefficient (Wildman–Crippen LogP) is 2.67. The van der Waals surface area contributed by atoms with Gasteiger partial charge in [-0.25, -0.2) is 4.99 Å². The Bertz CT molecular complexity index is 689. The molecule has 6 nitrogen and oxygen atoms in total. The van der Waals surface area contributed by atoms with Crippen molar-refractivity contribution in [1.29, 1.82) is 0 Å². The molecule has 2 heterocycles. The number of aliphatic imine (C=N–C) groups is 1. The van der Waals surface area contributed by atoms with Crippen molar-refractivity contribution in [2.45, 2.75) is 52.3 Å². The van der Waals surface area contributed by atoms with Crippen LogP contribution in [0.3, 0.4) is 0 Å². The molecule has 3 atom stereocenters. The van der Waals surface area contributed by atoms with E-state index < -0.39 is 0 Å². The minimum absolute atomic E-state index is 0.125. The average Bonchev–Trinajstić information content (AvgIpc) is 3.11. The summed E-state index contributed by atoms with van der Waals surface area (Å²) in [6, 6.07) is 6.39. The van der Waals surface area contributed by atoms with E-state index >= 15 is 0 Å². The fraction of sp³-hybridized carbons (Fsp3) is 0.650. The fourth-order valence-corrected chi connectivity index (χ4v) is 4.49. The number of rotatable bonds is 4. The quantitative estimate of drug-likeness (QED) is 0.639. The number of ether oxygens (including phenoxy) is 3. The highest BCUT2D eigenvalue weighted by molar-refractivity contribution is 5.80. The maximum Gasteiger partial charge on any atom is 0.231 e. The number of benzene rings is 1. The molecule has 1 aromatic carbocycles. The lowest BCUT2D eigenvalue weighted by Gasteiger charge is -2.60. The minimum Gasteiger partial charge on any atom is -0.454 e. The van der Waals surface area contributed by atoms with Gasteiger partial charge >= 0.3 is 0 Å².